The molecule has 4 fully saturated rings. The number of rotatable bonds is 4. The zero-order chi connectivity index (χ0) is 12.7. The SMILES string of the molecule is C1CNC2(CCCC2)CN(CC(C2CC2)C2CC2)C1. The van der Waals surface area contributed by atoms with Crippen LogP contribution in [0.15, 0.2) is 0 Å². The molecule has 19 heavy (non-hydrogen) atoms. The quantitative estimate of drug-likeness (QED) is 0.838. The Morgan fingerprint density at radius 3 is 2.32 bits per heavy atom. The van der Waals surface area contributed by atoms with E-state index < -0.39 is 0 Å². The van der Waals surface area contributed by atoms with E-state index in [1.54, 1.807) is 25.7 Å². The van der Waals surface area contributed by atoms with Crippen molar-refractivity contribution in [2.24, 2.45) is 17.8 Å². The van der Waals surface area contributed by atoms with Crippen molar-refractivity contribution < 1.29 is 0 Å². The Labute approximate surface area is 118 Å². The highest BCUT2D eigenvalue weighted by Crippen LogP contribution is 2.49. The molecule has 1 spiro atoms. The van der Waals surface area contributed by atoms with Gasteiger partial charge in [0.2, 0.25) is 0 Å². The third-order valence-electron chi connectivity index (χ3n) is 6.16. The van der Waals surface area contributed by atoms with Gasteiger partial charge in [-0.2, -0.15) is 0 Å². The van der Waals surface area contributed by atoms with Crippen molar-refractivity contribution in [2.75, 3.05) is 26.2 Å². The second-order valence-corrected chi connectivity index (χ2v) is 7.84. The lowest BCUT2D eigenvalue weighted by molar-refractivity contribution is 0.167. The fourth-order valence-corrected chi connectivity index (χ4v) is 4.79. The standard InChI is InChI=1S/C17H30N2/c1-2-9-17(8-1)13-19(11-3-10-18-17)12-16(14-4-5-14)15-6-7-15/h14-16,18H,1-13H2. The van der Waals surface area contributed by atoms with Gasteiger partial charge in [0.25, 0.3) is 0 Å². The molecule has 0 unspecified atom stereocenters. The Kier molecular flexibility index (Phi) is 3.35. The minimum Gasteiger partial charge on any atom is -0.310 e. The molecular weight excluding hydrogens is 232 g/mol. The summed E-state index contributed by atoms with van der Waals surface area (Å²) in [6.45, 7) is 5.39. The molecule has 108 valence electrons. The van der Waals surface area contributed by atoms with Crippen molar-refractivity contribution in [1.82, 2.24) is 10.2 Å². The Balaban J connectivity index is 1.41. The molecule has 0 amide bonds. The number of nitrogens with zero attached hydrogens (tertiary/aromatic N) is 1. The molecule has 1 heterocycles. The van der Waals surface area contributed by atoms with E-state index in [0.717, 1.165) is 17.8 Å². The lowest BCUT2D eigenvalue weighted by Gasteiger charge is -2.35. The Morgan fingerprint density at radius 2 is 1.68 bits per heavy atom. The van der Waals surface area contributed by atoms with E-state index >= 15 is 0 Å². The van der Waals surface area contributed by atoms with Crippen LogP contribution in [0.25, 0.3) is 0 Å². The normalized spacial score (nSPS) is 32.1. The lowest BCUT2D eigenvalue weighted by atomic mass is 9.94. The molecule has 4 aliphatic rings. The zero-order valence-electron chi connectivity index (χ0n) is 12.4. The van der Waals surface area contributed by atoms with Gasteiger partial charge in [-0.15, -0.1) is 0 Å². The zero-order valence-corrected chi connectivity index (χ0v) is 12.4. The molecule has 0 aromatic carbocycles. The fraction of sp³-hybridized carbons (Fsp3) is 1.00. The van der Waals surface area contributed by atoms with Gasteiger partial charge in [-0.3, -0.25) is 0 Å². The molecule has 0 atom stereocenters. The molecule has 1 N–H and O–H groups in total. The summed E-state index contributed by atoms with van der Waals surface area (Å²) in [5.41, 5.74) is 0.508. The van der Waals surface area contributed by atoms with Crippen LogP contribution in [0.1, 0.15) is 57.8 Å². The van der Waals surface area contributed by atoms with Crippen LogP contribution < -0.4 is 5.32 Å². The maximum absolute atomic E-state index is 3.91. The highest BCUT2D eigenvalue weighted by molar-refractivity contribution is 4.99. The highest BCUT2D eigenvalue weighted by atomic mass is 15.2. The molecular formula is C17H30N2. The van der Waals surface area contributed by atoms with Crippen LogP contribution in [-0.4, -0.2) is 36.6 Å². The third kappa shape index (κ3) is 2.85. The average molecular weight is 262 g/mol. The Hall–Kier alpha value is -0.0800. The van der Waals surface area contributed by atoms with E-state index in [-0.39, 0.29) is 0 Å². The monoisotopic (exact) mass is 262 g/mol. The molecule has 3 aliphatic carbocycles. The molecule has 4 rings (SSSR count). The largest absolute Gasteiger partial charge is 0.310 e. The van der Waals surface area contributed by atoms with Gasteiger partial charge in [-0.1, -0.05) is 12.8 Å². The summed E-state index contributed by atoms with van der Waals surface area (Å²) in [5.74, 6) is 3.29. The second-order valence-electron chi connectivity index (χ2n) is 7.84. The van der Waals surface area contributed by atoms with Crippen molar-refractivity contribution in [3.05, 3.63) is 0 Å². The number of nitrogens with one attached hydrogen (secondary N) is 1. The molecule has 0 radical (unpaired) electrons. The van der Waals surface area contributed by atoms with Gasteiger partial charge in [0, 0.05) is 18.6 Å². The van der Waals surface area contributed by atoms with Crippen molar-refractivity contribution in [3.63, 3.8) is 0 Å². The van der Waals surface area contributed by atoms with Crippen molar-refractivity contribution in [1.29, 1.82) is 0 Å². The predicted molar refractivity (Wildman–Crippen MR) is 79.2 cm³/mol. The van der Waals surface area contributed by atoms with Gasteiger partial charge in [-0.05, 0) is 75.8 Å². The van der Waals surface area contributed by atoms with E-state index in [1.165, 1.54) is 58.3 Å². The molecule has 0 aromatic rings. The molecule has 3 saturated carbocycles. The summed E-state index contributed by atoms with van der Waals surface area (Å²) >= 11 is 0. The van der Waals surface area contributed by atoms with Gasteiger partial charge < -0.3 is 10.2 Å². The first-order valence-corrected chi connectivity index (χ1v) is 8.82. The van der Waals surface area contributed by atoms with E-state index in [4.69, 9.17) is 0 Å². The van der Waals surface area contributed by atoms with Crippen molar-refractivity contribution in [3.8, 4) is 0 Å². The van der Waals surface area contributed by atoms with Crippen LogP contribution >= 0.6 is 0 Å². The summed E-state index contributed by atoms with van der Waals surface area (Å²) in [6.07, 6.45) is 13.3. The van der Waals surface area contributed by atoms with Crippen LogP contribution in [0.5, 0.6) is 0 Å². The molecule has 0 aromatic heterocycles. The van der Waals surface area contributed by atoms with Gasteiger partial charge in [-0.25, -0.2) is 0 Å². The second kappa shape index (κ2) is 5.04. The predicted octanol–water partition coefficient (Wildman–Crippen LogP) is 3.03. The van der Waals surface area contributed by atoms with Gasteiger partial charge in [0.1, 0.15) is 0 Å². The number of hydrogen-bond donors (Lipinski definition) is 1. The molecule has 2 heteroatoms. The summed E-state index contributed by atoms with van der Waals surface area (Å²) in [7, 11) is 0. The highest BCUT2D eigenvalue weighted by Gasteiger charge is 2.43. The fourth-order valence-electron chi connectivity index (χ4n) is 4.79. The lowest BCUT2D eigenvalue weighted by Crippen LogP contribution is -2.50. The first-order valence-electron chi connectivity index (χ1n) is 8.82. The first-order chi connectivity index (χ1) is 9.35. The minimum absolute atomic E-state index is 0.508. The van der Waals surface area contributed by atoms with Crippen LogP contribution in [0.4, 0.5) is 0 Å². The number of hydrogen-bond acceptors (Lipinski definition) is 2. The average Bonchev–Trinajstić information content (AvgIpc) is 3.28. The van der Waals surface area contributed by atoms with E-state index in [2.05, 4.69) is 10.2 Å². The smallest absolute Gasteiger partial charge is 0.0308 e. The summed E-state index contributed by atoms with van der Waals surface area (Å²) in [4.78, 5) is 2.85. The van der Waals surface area contributed by atoms with E-state index in [1.807, 2.05) is 0 Å². The van der Waals surface area contributed by atoms with E-state index in [9.17, 15) is 0 Å². The third-order valence-corrected chi connectivity index (χ3v) is 6.16. The molecule has 0 bridgehead atoms. The molecule has 2 nitrogen and oxygen atoms in total. The summed E-state index contributed by atoms with van der Waals surface area (Å²) < 4.78 is 0. The molecule has 1 aliphatic heterocycles. The van der Waals surface area contributed by atoms with Crippen LogP contribution in [0.3, 0.4) is 0 Å². The molecule has 1 saturated heterocycles. The van der Waals surface area contributed by atoms with Crippen LogP contribution in [-0.2, 0) is 0 Å². The maximum atomic E-state index is 3.91. The Morgan fingerprint density at radius 1 is 1.00 bits per heavy atom. The summed E-state index contributed by atoms with van der Waals surface area (Å²) in [5, 5.41) is 3.91. The van der Waals surface area contributed by atoms with Gasteiger partial charge in [0.05, 0.1) is 0 Å². The summed E-state index contributed by atoms with van der Waals surface area (Å²) in [6, 6.07) is 0. The topological polar surface area (TPSA) is 15.3 Å². The first kappa shape index (κ1) is 12.6. The minimum atomic E-state index is 0.508. The van der Waals surface area contributed by atoms with E-state index in [0.29, 0.717) is 5.54 Å². The van der Waals surface area contributed by atoms with Crippen LogP contribution in [0, 0.1) is 17.8 Å². The van der Waals surface area contributed by atoms with Gasteiger partial charge in [0.15, 0.2) is 0 Å². The van der Waals surface area contributed by atoms with Crippen molar-refractivity contribution >= 4 is 0 Å². The van der Waals surface area contributed by atoms with Crippen LogP contribution in [0.2, 0.25) is 0 Å². The Bertz CT molecular complexity index is 301. The maximum Gasteiger partial charge on any atom is 0.0308 e. The van der Waals surface area contributed by atoms with Crippen molar-refractivity contribution in [2.45, 2.75) is 63.3 Å². The van der Waals surface area contributed by atoms with Gasteiger partial charge >= 0.3 is 0 Å².